The van der Waals surface area contributed by atoms with Gasteiger partial charge < -0.3 is 30.1 Å². The zero-order valence-corrected chi connectivity index (χ0v) is 25.3. The minimum Gasteiger partial charge on any atom is -0.480 e. The molecule has 10 heteroatoms. The molecule has 1 saturated heterocycles. The smallest absolute Gasteiger partial charge is 0.408 e. The second-order valence-corrected chi connectivity index (χ2v) is 13.2. The maximum absolute atomic E-state index is 14.3. The summed E-state index contributed by atoms with van der Waals surface area (Å²) in [6, 6.07) is 12.2. The van der Waals surface area contributed by atoms with Gasteiger partial charge in [-0.15, -0.1) is 0 Å². The number of rotatable bonds is 9. The Hall–Kier alpha value is -3.66. The number of aliphatic carboxylic acids is 1. The first-order chi connectivity index (χ1) is 20.5. The summed E-state index contributed by atoms with van der Waals surface area (Å²) in [5.41, 5.74) is -1.03. The van der Waals surface area contributed by atoms with Crippen LogP contribution in [0, 0.1) is 5.92 Å². The molecule has 2 aromatic carbocycles. The summed E-state index contributed by atoms with van der Waals surface area (Å²) < 4.78 is 11.8. The van der Waals surface area contributed by atoms with Crippen LogP contribution in [0.3, 0.4) is 0 Å². The fraction of sp³-hybridized carbons (Fsp3) is 0.576. The molecule has 43 heavy (non-hydrogen) atoms. The minimum absolute atomic E-state index is 0.0954. The molecule has 10 nitrogen and oxygen atoms in total. The van der Waals surface area contributed by atoms with Crippen LogP contribution in [-0.2, 0) is 30.5 Å². The number of fused-ring (bicyclic) bond motifs is 1. The Labute approximate surface area is 252 Å². The Morgan fingerprint density at radius 3 is 2.40 bits per heavy atom. The number of carboxylic acids is 1. The summed E-state index contributed by atoms with van der Waals surface area (Å²) >= 11 is 0. The van der Waals surface area contributed by atoms with Gasteiger partial charge in [0.15, 0.2) is 0 Å². The van der Waals surface area contributed by atoms with Crippen molar-refractivity contribution in [1.29, 1.82) is 0 Å². The van der Waals surface area contributed by atoms with E-state index < -0.39 is 47.3 Å². The number of alkyl carbamates (subject to hydrolysis) is 1. The highest BCUT2D eigenvalue weighted by Crippen LogP contribution is 2.37. The van der Waals surface area contributed by atoms with Crippen LogP contribution < -0.4 is 10.6 Å². The minimum atomic E-state index is -1.29. The zero-order valence-electron chi connectivity index (χ0n) is 25.3. The van der Waals surface area contributed by atoms with Crippen molar-refractivity contribution < 1.29 is 33.8 Å². The van der Waals surface area contributed by atoms with Crippen molar-refractivity contribution >= 4 is 34.6 Å². The van der Waals surface area contributed by atoms with Crippen molar-refractivity contribution in [3.8, 4) is 0 Å². The van der Waals surface area contributed by atoms with Gasteiger partial charge in [0.1, 0.15) is 23.2 Å². The topological polar surface area (TPSA) is 134 Å². The van der Waals surface area contributed by atoms with Crippen molar-refractivity contribution in [2.24, 2.45) is 5.92 Å². The van der Waals surface area contributed by atoms with Gasteiger partial charge in [0.25, 0.3) is 0 Å². The third-order valence-electron chi connectivity index (χ3n) is 8.78. The van der Waals surface area contributed by atoms with Gasteiger partial charge in [0.05, 0.1) is 12.7 Å². The van der Waals surface area contributed by atoms with Crippen molar-refractivity contribution in [3.05, 3.63) is 48.0 Å². The van der Waals surface area contributed by atoms with Crippen LogP contribution >= 0.6 is 0 Å². The van der Waals surface area contributed by atoms with Crippen LogP contribution in [0.15, 0.2) is 42.5 Å². The second-order valence-electron chi connectivity index (χ2n) is 13.2. The molecule has 0 spiro atoms. The van der Waals surface area contributed by atoms with E-state index in [1.807, 2.05) is 42.5 Å². The van der Waals surface area contributed by atoms with E-state index in [1.54, 1.807) is 20.8 Å². The van der Waals surface area contributed by atoms with E-state index in [2.05, 4.69) is 10.6 Å². The molecule has 232 valence electrons. The molecule has 2 aromatic rings. The number of nitrogens with one attached hydrogen (secondary N) is 2. The normalized spacial score (nSPS) is 22.5. The molecule has 5 rings (SSSR count). The van der Waals surface area contributed by atoms with Crippen molar-refractivity contribution in [1.82, 2.24) is 15.5 Å². The SMILES string of the molecule is CC(C)(C)OC(=O)NC(C(=O)N1CC(OCc2cccc3ccccc23)CC1C(=O)NC1(C(=O)O)CC1)C1CCCCC1. The molecule has 1 aliphatic heterocycles. The Kier molecular flexibility index (Phi) is 8.96. The van der Waals surface area contributed by atoms with Crippen LogP contribution in [0.5, 0.6) is 0 Å². The molecule has 0 aromatic heterocycles. The summed E-state index contributed by atoms with van der Waals surface area (Å²) in [7, 11) is 0. The lowest BCUT2D eigenvalue weighted by atomic mass is 9.83. The number of carbonyl (C=O) groups is 4. The molecule has 0 radical (unpaired) electrons. The van der Waals surface area contributed by atoms with Gasteiger partial charge in [0, 0.05) is 13.0 Å². The van der Waals surface area contributed by atoms with Crippen molar-refractivity contribution in [2.75, 3.05) is 6.54 Å². The van der Waals surface area contributed by atoms with E-state index in [1.165, 1.54) is 4.90 Å². The summed E-state index contributed by atoms with van der Waals surface area (Å²) in [5, 5.41) is 17.4. The Bertz CT molecular complexity index is 1350. The molecule has 3 atom stereocenters. The van der Waals surface area contributed by atoms with Crippen LogP contribution in [0.25, 0.3) is 10.8 Å². The van der Waals surface area contributed by atoms with E-state index in [9.17, 15) is 24.3 Å². The molecular weight excluding hydrogens is 550 g/mol. The predicted octanol–water partition coefficient (Wildman–Crippen LogP) is 4.53. The van der Waals surface area contributed by atoms with Gasteiger partial charge >= 0.3 is 12.1 Å². The standard InChI is InChI=1S/C33H43N3O7/c1-32(2,3)43-31(41)34-27(22-11-5-4-6-12-22)29(38)36-19-24(18-26(36)28(37)35-33(16-17-33)30(39)40)42-20-23-14-9-13-21-10-7-8-15-25(21)23/h7-10,13-15,22,24,26-27H,4-6,11-12,16-20H2,1-3H3,(H,34,41)(H,35,37)(H,39,40). The highest BCUT2D eigenvalue weighted by atomic mass is 16.6. The number of likely N-dealkylation sites (tertiary alicyclic amines) is 1. The van der Waals surface area contributed by atoms with Gasteiger partial charge in [-0.1, -0.05) is 61.7 Å². The molecule has 3 amide bonds. The number of hydrogen-bond acceptors (Lipinski definition) is 6. The number of ether oxygens (including phenoxy) is 2. The summed E-state index contributed by atoms with van der Waals surface area (Å²) in [5.74, 6) is -2.05. The summed E-state index contributed by atoms with van der Waals surface area (Å²) in [4.78, 5) is 54.1. The Balaban J connectivity index is 1.37. The molecule has 3 unspecified atom stereocenters. The summed E-state index contributed by atoms with van der Waals surface area (Å²) in [6.45, 7) is 5.74. The highest BCUT2D eigenvalue weighted by molar-refractivity contribution is 5.95. The van der Waals surface area contributed by atoms with Crippen LogP contribution in [0.2, 0.25) is 0 Å². The first-order valence-corrected chi connectivity index (χ1v) is 15.4. The maximum atomic E-state index is 14.3. The lowest BCUT2D eigenvalue weighted by Crippen LogP contribution is -2.58. The highest BCUT2D eigenvalue weighted by Gasteiger charge is 2.54. The number of hydrogen-bond donors (Lipinski definition) is 3. The van der Waals surface area contributed by atoms with E-state index in [0.717, 1.165) is 48.4 Å². The first-order valence-electron chi connectivity index (χ1n) is 15.4. The Morgan fingerprint density at radius 2 is 1.72 bits per heavy atom. The van der Waals surface area contributed by atoms with Crippen LogP contribution in [-0.4, -0.2) is 69.8 Å². The van der Waals surface area contributed by atoms with Crippen LogP contribution in [0.4, 0.5) is 4.79 Å². The number of nitrogens with zero attached hydrogens (tertiary/aromatic N) is 1. The van der Waals surface area contributed by atoms with Gasteiger partial charge in [-0.2, -0.15) is 0 Å². The number of carbonyl (C=O) groups excluding carboxylic acids is 3. The molecule has 3 N–H and O–H groups in total. The Morgan fingerprint density at radius 1 is 1.02 bits per heavy atom. The zero-order chi connectivity index (χ0) is 30.8. The monoisotopic (exact) mass is 593 g/mol. The molecule has 3 fully saturated rings. The van der Waals surface area contributed by atoms with Gasteiger partial charge in [-0.25, -0.2) is 9.59 Å². The first kappa shape index (κ1) is 30.8. The lowest BCUT2D eigenvalue weighted by molar-refractivity contribution is -0.145. The molecule has 3 aliphatic rings. The molecular formula is C33H43N3O7. The average molecular weight is 594 g/mol. The number of amides is 3. The molecule has 1 heterocycles. The van der Waals surface area contributed by atoms with Crippen molar-refractivity contribution in [3.63, 3.8) is 0 Å². The third-order valence-corrected chi connectivity index (χ3v) is 8.78. The fourth-order valence-corrected chi connectivity index (χ4v) is 6.33. The maximum Gasteiger partial charge on any atom is 0.408 e. The third kappa shape index (κ3) is 7.29. The van der Waals surface area contributed by atoms with E-state index in [-0.39, 0.29) is 24.8 Å². The van der Waals surface area contributed by atoms with Crippen LogP contribution in [0.1, 0.15) is 77.7 Å². The lowest BCUT2D eigenvalue weighted by Gasteiger charge is -2.35. The largest absolute Gasteiger partial charge is 0.480 e. The van der Waals surface area contributed by atoms with Crippen molar-refractivity contribution in [2.45, 2.75) is 108 Å². The molecule has 2 aliphatic carbocycles. The fourth-order valence-electron chi connectivity index (χ4n) is 6.33. The van der Waals surface area contributed by atoms with E-state index >= 15 is 0 Å². The molecule has 2 saturated carbocycles. The number of carboxylic acid groups (broad SMARTS) is 1. The van der Waals surface area contributed by atoms with Gasteiger partial charge in [-0.3, -0.25) is 9.59 Å². The molecule has 0 bridgehead atoms. The van der Waals surface area contributed by atoms with Gasteiger partial charge in [0.2, 0.25) is 11.8 Å². The summed E-state index contributed by atoms with van der Waals surface area (Å²) in [6.07, 6.45) is 4.32. The van der Waals surface area contributed by atoms with E-state index in [4.69, 9.17) is 9.47 Å². The second kappa shape index (κ2) is 12.5. The average Bonchev–Trinajstić information content (AvgIpc) is 3.63. The van der Waals surface area contributed by atoms with Gasteiger partial charge in [-0.05, 0) is 68.7 Å². The van der Waals surface area contributed by atoms with E-state index in [0.29, 0.717) is 19.4 Å². The predicted molar refractivity (Wildman–Crippen MR) is 160 cm³/mol. The quantitative estimate of drug-likeness (QED) is 0.389. The number of benzene rings is 2.